The van der Waals surface area contributed by atoms with E-state index in [-0.39, 0.29) is 17.9 Å². The Morgan fingerprint density at radius 1 is 0.885 bits per heavy atom. The van der Waals surface area contributed by atoms with Gasteiger partial charge in [-0.15, -0.1) is 0 Å². The molecule has 0 fully saturated rings. The van der Waals surface area contributed by atoms with Crippen LogP contribution in [0.15, 0.2) is 42.5 Å². The van der Waals surface area contributed by atoms with Crippen LogP contribution in [0.2, 0.25) is 0 Å². The second-order valence-electron chi connectivity index (χ2n) is 5.21. The Morgan fingerprint density at radius 2 is 1.58 bits per heavy atom. The molecule has 7 nitrogen and oxygen atoms in total. The minimum absolute atomic E-state index is 0.185. The molecular weight excluding hydrogens is 338 g/mol. The van der Waals surface area contributed by atoms with E-state index >= 15 is 0 Å². The molecule has 2 aromatic rings. The minimum Gasteiger partial charge on any atom is -0.496 e. The number of esters is 1. The lowest BCUT2D eigenvalue weighted by atomic mass is 10.2. The lowest BCUT2D eigenvalue weighted by molar-refractivity contribution is -0.124. The number of methoxy groups -OCH3 is 3. The Hall–Kier alpha value is -3.22. The maximum absolute atomic E-state index is 12.2. The normalized spacial score (nSPS) is 9.96. The smallest absolute Gasteiger partial charge is 0.342 e. The SMILES string of the molecule is COc1ccccc1CNC(=O)COC(=O)c1cccc(OC)c1OC. The fourth-order valence-corrected chi connectivity index (χ4v) is 2.35. The van der Waals surface area contributed by atoms with E-state index in [1.54, 1.807) is 25.3 Å². The third-order valence-electron chi connectivity index (χ3n) is 3.63. The number of ether oxygens (including phenoxy) is 4. The molecule has 1 amide bonds. The van der Waals surface area contributed by atoms with Crippen molar-refractivity contribution in [2.75, 3.05) is 27.9 Å². The van der Waals surface area contributed by atoms with E-state index in [1.807, 2.05) is 18.2 Å². The number of hydrogen-bond acceptors (Lipinski definition) is 6. The summed E-state index contributed by atoms with van der Waals surface area (Å²) in [6.07, 6.45) is 0. The average molecular weight is 359 g/mol. The van der Waals surface area contributed by atoms with Crippen molar-refractivity contribution < 1.29 is 28.5 Å². The van der Waals surface area contributed by atoms with Crippen LogP contribution in [0.25, 0.3) is 0 Å². The Labute approximate surface area is 151 Å². The van der Waals surface area contributed by atoms with Crippen molar-refractivity contribution in [3.05, 3.63) is 53.6 Å². The first-order valence-electron chi connectivity index (χ1n) is 7.87. The molecule has 1 N–H and O–H groups in total. The molecule has 138 valence electrons. The van der Waals surface area contributed by atoms with Crippen molar-refractivity contribution in [2.45, 2.75) is 6.54 Å². The highest BCUT2D eigenvalue weighted by Crippen LogP contribution is 2.31. The van der Waals surface area contributed by atoms with Gasteiger partial charge in [-0.3, -0.25) is 4.79 Å². The van der Waals surface area contributed by atoms with Gasteiger partial charge in [-0.05, 0) is 18.2 Å². The van der Waals surface area contributed by atoms with Crippen molar-refractivity contribution in [1.29, 1.82) is 0 Å². The van der Waals surface area contributed by atoms with Crippen LogP contribution in [0, 0.1) is 0 Å². The number of nitrogens with one attached hydrogen (secondary N) is 1. The second-order valence-corrected chi connectivity index (χ2v) is 5.21. The van der Waals surface area contributed by atoms with Gasteiger partial charge in [0.15, 0.2) is 18.1 Å². The van der Waals surface area contributed by atoms with Crippen LogP contribution in [0.5, 0.6) is 17.2 Å². The molecule has 0 saturated heterocycles. The van der Waals surface area contributed by atoms with Gasteiger partial charge in [0, 0.05) is 12.1 Å². The topological polar surface area (TPSA) is 83.1 Å². The Balaban J connectivity index is 1.92. The second kappa shape index (κ2) is 9.31. The predicted molar refractivity (Wildman–Crippen MR) is 94.7 cm³/mol. The van der Waals surface area contributed by atoms with Crippen LogP contribution in [0.4, 0.5) is 0 Å². The number of carbonyl (C=O) groups is 2. The van der Waals surface area contributed by atoms with E-state index < -0.39 is 18.5 Å². The van der Waals surface area contributed by atoms with Gasteiger partial charge in [-0.25, -0.2) is 4.79 Å². The molecule has 0 radical (unpaired) electrons. The van der Waals surface area contributed by atoms with Crippen molar-refractivity contribution in [3.63, 3.8) is 0 Å². The zero-order valence-electron chi connectivity index (χ0n) is 14.9. The molecule has 26 heavy (non-hydrogen) atoms. The van der Waals surface area contributed by atoms with Crippen LogP contribution in [0.1, 0.15) is 15.9 Å². The molecule has 0 bridgehead atoms. The molecule has 0 spiro atoms. The summed E-state index contributed by atoms with van der Waals surface area (Å²) in [5.41, 5.74) is 1.01. The third kappa shape index (κ3) is 4.66. The van der Waals surface area contributed by atoms with E-state index in [4.69, 9.17) is 18.9 Å². The van der Waals surface area contributed by atoms with Gasteiger partial charge < -0.3 is 24.3 Å². The molecule has 0 aliphatic rings. The summed E-state index contributed by atoms with van der Waals surface area (Å²) in [7, 11) is 4.46. The quantitative estimate of drug-likeness (QED) is 0.728. The average Bonchev–Trinajstić information content (AvgIpc) is 2.69. The molecular formula is C19H21NO6. The highest BCUT2D eigenvalue weighted by atomic mass is 16.5. The summed E-state index contributed by atoms with van der Waals surface area (Å²) in [6, 6.07) is 12.2. The molecule has 0 atom stereocenters. The van der Waals surface area contributed by atoms with Gasteiger partial charge in [-0.1, -0.05) is 24.3 Å². The molecule has 0 saturated carbocycles. The van der Waals surface area contributed by atoms with Crippen molar-refractivity contribution in [1.82, 2.24) is 5.32 Å². The number of hydrogen-bond donors (Lipinski definition) is 1. The zero-order valence-corrected chi connectivity index (χ0v) is 14.9. The van der Waals surface area contributed by atoms with Crippen LogP contribution in [-0.2, 0) is 16.1 Å². The molecule has 0 aromatic heterocycles. The maximum Gasteiger partial charge on any atom is 0.342 e. The fourth-order valence-electron chi connectivity index (χ4n) is 2.35. The summed E-state index contributed by atoms with van der Waals surface area (Å²) in [4.78, 5) is 24.2. The summed E-state index contributed by atoms with van der Waals surface area (Å²) < 4.78 is 20.6. The monoisotopic (exact) mass is 359 g/mol. The third-order valence-corrected chi connectivity index (χ3v) is 3.63. The molecule has 0 unspecified atom stereocenters. The lowest BCUT2D eigenvalue weighted by Crippen LogP contribution is -2.28. The van der Waals surface area contributed by atoms with Crippen LogP contribution in [-0.4, -0.2) is 39.8 Å². The Bertz CT molecular complexity index is 774. The minimum atomic E-state index is -0.673. The van der Waals surface area contributed by atoms with Gasteiger partial charge in [0.05, 0.1) is 21.3 Å². The van der Waals surface area contributed by atoms with E-state index in [1.165, 1.54) is 20.3 Å². The fraction of sp³-hybridized carbons (Fsp3) is 0.263. The summed E-state index contributed by atoms with van der Waals surface area (Å²) in [5, 5.41) is 2.68. The van der Waals surface area contributed by atoms with Gasteiger partial charge in [0.25, 0.3) is 5.91 Å². The van der Waals surface area contributed by atoms with E-state index in [0.717, 1.165) is 5.56 Å². The highest BCUT2D eigenvalue weighted by molar-refractivity contribution is 5.94. The molecule has 2 rings (SSSR count). The van der Waals surface area contributed by atoms with Crippen molar-refractivity contribution in [2.24, 2.45) is 0 Å². The lowest BCUT2D eigenvalue weighted by Gasteiger charge is -2.12. The van der Waals surface area contributed by atoms with Crippen LogP contribution >= 0.6 is 0 Å². The highest BCUT2D eigenvalue weighted by Gasteiger charge is 2.18. The molecule has 0 aliphatic carbocycles. The first-order valence-corrected chi connectivity index (χ1v) is 7.87. The molecule has 0 aliphatic heterocycles. The Morgan fingerprint density at radius 3 is 2.27 bits per heavy atom. The molecule has 0 heterocycles. The van der Waals surface area contributed by atoms with E-state index in [9.17, 15) is 9.59 Å². The maximum atomic E-state index is 12.2. The predicted octanol–water partition coefficient (Wildman–Crippen LogP) is 2.19. The van der Waals surface area contributed by atoms with Gasteiger partial charge in [0.2, 0.25) is 0 Å². The summed E-state index contributed by atoms with van der Waals surface area (Å²) >= 11 is 0. The zero-order chi connectivity index (χ0) is 18.9. The first kappa shape index (κ1) is 19.1. The summed E-state index contributed by atoms with van der Waals surface area (Å²) in [6.45, 7) is -0.142. The number of rotatable bonds is 8. The standard InChI is InChI=1S/C19H21NO6/c1-23-15-9-5-4-7-13(15)11-20-17(21)12-26-19(22)14-8-6-10-16(24-2)18(14)25-3/h4-10H,11-12H2,1-3H3,(H,20,21). The number of benzene rings is 2. The molecule has 7 heteroatoms. The van der Waals surface area contributed by atoms with Crippen molar-refractivity contribution in [3.8, 4) is 17.2 Å². The molecule has 2 aromatic carbocycles. The van der Waals surface area contributed by atoms with Crippen LogP contribution in [0.3, 0.4) is 0 Å². The number of para-hydroxylation sites is 2. The first-order chi connectivity index (χ1) is 12.6. The van der Waals surface area contributed by atoms with Gasteiger partial charge in [0.1, 0.15) is 11.3 Å². The van der Waals surface area contributed by atoms with Crippen LogP contribution < -0.4 is 19.5 Å². The van der Waals surface area contributed by atoms with Gasteiger partial charge in [-0.2, -0.15) is 0 Å². The number of amides is 1. The largest absolute Gasteiger partial charge is 0.496 e. The summed E-state index contributed by atoms with van der Waals surface area (Å²) in [5.74, 6) is 0.238. The van der Waals surface area contributed by atoms with Crippen molar-refractivity contribution >= 4 is 11.9 Å². The van der Waals surface area contributed by atoms with E-state index in [0.29, 0.717) is 11.5 Å². The number of carbonyl (C=O) groups excluding carboxylic acids is 2. The Kier molecular flexibility index (Phi) is 6.84. The van der Waals surface area contributed by atoms with Gasteiger partial charge >= 0.3 is 5.97 Å². The van der Waals surface area contributed by atoms with E-state index in [2.05, 4.69) is 5.32 Å².